The molecule has 0 saturated carbocycles. The summed E-state index contributed by atoms with van der Waals surface area (Å²) in [5.74, 6) is 0.500. The summed E-state index contributed by atoms with van der Waals surface area (Å²) in [6, 6.07) is 11.5. The molecule has 1 unspecified atom stereocenters. The number of thioether (sulfide) groups is 1. The van der Waals surface area contributed by atoms with Crippen molar-refractivity contribution in [2.75, 3.05) is 18.6 Å². The first-order chi connectivity index (χ1) is 15.9. The summed E-state index contributed by atoms with van der Waals surface area (Å²) in [5, 5.41) is 14.0. The van der Waals surface area contributed by atoms with E-state index in [1.165, 1.54) is 0 Å². The van der Waals surface area contributed by atoms with Crippen LogP contribution in [0.2, 0.25) is 0 Å². The molecule has 0 spiro atoms. The van der Waals surface area contributed by atoms with Crippen LogP contribution in [0.3, 0.4) is 0 Å². The van der Waals surface area contributed by atoms with E-state index in [9.17, 15) is 14.7 Å². The number of nitrogens with one attached hydrogen (secondary N) is 1. The zero-order valence-electron chi connectivity index (χ0n) is 18.9. The summed E-state index contributed by atoms with van der Waals surface area (Å²) in [7, 11) is 0. The molecule has 1 atom stereocenters. The third kappa shape index (κ3) is 4.56. The molecule has 0 aliphatic rings. The lowest BCUT2D eigenvalue weighted by Gasteiger charge is -2.16. The number of hydrogen-bond acceptors (Lipinski definition) is 6. The second-order valence-electron chi connectivity index (χ2n) is 8.18. The highest BCUT2D eigenvalue weighted by molar-refractivity contribution is 7.98. The average Bonchev–Trinajstić information content (AvgIpc) is 3.25. The number of amides is 1. The quantitative estimate of drug-likeness (QED) is 0.370. The number of carbonyl (C=O) groups excluding carboxylic acids is 1. The van der Waals surface area contributed by atoms with Crippen LogP contribution < -0.4 is 10.9 Å². The largest absolute Gasteiger partial charge is 0.463 e. The topological polar surface area (TPSA) is 92.7 Å². The molecule has 2 heterocycles. The van der Waals surface area contributed by atoms with Crippen LogP contribution in [0.15, 0.2) is 56.3 Å². The van der Waals surface area contributed by atoms with Gasteiger partial charge in [-0.3, -0.25) is 4.79 Å². The van der Waals surface area contributed by atoms with Crippen molar-refractivity contribution < 1.29 is 18.7 Å². The fourth-order valence-corrected chi connectivity index (χ4v) is 4.75. The molecule has 33 heavy (non-hydrogen) atoms. The number of fused-ring (bicyclic) bond motifs is 3. The maximum absolute atomic E-state index is 12.8. The Morgan fingerprint density at radius 2 is 1.94 bits per heavy atom. The van der Waals surface area contributed by atoms with E-state index in [1.54, 1.807) is 18.0 Å². The predicted molar refractivity (Wildman–Crippen MR) is 133 cm³/mol. The zero-order chi connectivity index (χ0) is 23.5. The summed E-state index contributed by atoms with van der Waals surface area (Å²) in [6.07, 6.45) is 4.23. The van der Waals surface area contributed by atoms with E-state index in [1.807, 2.05) is 56.5 Å². The molecule has 2 aromatic heterocycles. The second-order valence-corrected chi connectivity index (χ2v) is 9.17. The number of carbonyl (C=O) groups is 1. The maximum Gasteiger partial charge on any atom is 0.340 e. The number of rotatable bonds is 8. The van der Waals surface area contributed by atoms with Gasteiger partial charge in [0, 0.05) is 10.9 Å². The van der Waals surface area contributed by atoms with Crippen molar-refractivity contribution in [2.24, 2.45) is 0 Å². The first-order valence-corrected chi connectivity index (χ1v) is 12.3. The van der Waals surface area contributed by atoms with Crippen molar-refractivity contribution in [2.45, 2.75) is 32.7 Å². The van der Waals surface area contributed by atoms with Gasteiger partial charge < -0.3 is 19.3 Å². The fourth-order valence-electron chi connectivity index (χ4n) is 4.23. The highest BCUT2D eigenvalue weighted by Gasteiger charge is 2.22. The van der Waals surface area contributed by atoms with E-state index in [0.29, 0.717) is 34.1 Å². The van der Waals surface area contributed by atoms with Gasteiger partial charge in [-0.1, -0.05) is 30.3 Å². The number of aryl methyl sites for hydroxylation is 2. The van der Waals surface area contributed by atoms with Crippen molar-refractivity contribution in [3.8, 4) is 11.1 Å². The van der Waals surface area contributed by atoms with Gasteiger partial charge >= 0.3 is 5.63 Å². The first kappa shape index (κ1) is 23.1. The minimum Gasteiger partial charge on any atom is -0.463 e. The van der Waals surface area contributed by atoms with Crippen LogP contribution in [0.25, 0.3) is 33.1 Å². The number of furan rings is 1. The van der Waals surface area contributed by atoms with Gasteiger partial charge in [-0.05, 0) is 55.0 Å². The molecule has 0 fully saturated rings. The third-order valence-electron chi connectivity index (χ3n) is 5.96. The van der Waals surface area contributed by atoms with Crippen molar-refractivity contribution in [1.82, 2.24) is 5.32 Å². The Kier molecular flexibility index (Phi) is 6.91. The van der Waals surface area contributed by atoms with Crippen molar-refractivity contribution in [3.63, 3.8) is 0 Å². The van der Waals surface area contributed by atoms with Gasteiger partial charge in [0.15, 0.2) is 0 Å². The zero-order valence-corrected chi connectivity index (χ0v) is 19.8. The highest BCUT2D eigenvalue weighted by Crippen LogP contribution is 2.38. The molecule has 0 bridgehead atoms. The normalized spacial score (nSPS) is 12.4. The van der Waals surface area contributed by atoms with Crippen molar-refractivity contribution in [1.29, 1.82) is 0 Å². The molecule has 7 heteroatoms. The van der Waals surface area contributed by atoms with Crippen LogP contribution in [0.5, 0.6) is 0 Å². The molecule has 2 N–H and O–H groups in total. The lowest BCUT2D eigenvalue weighted by atomic mass is 9.96. The number of benzene rings is 2. The van der Waals surface area contributed by atoms with E-state index in [0.717, 1.165) is 27.8 Å². The Labute approximate surface area is 196 Å². The van der Waals surface area contributed by atoms with Crippen molar-refractivity contribution in [3.05, 3.63) is 69.8 Å². The lowest BCUT2D eigenvalue weighted by molar-refractivity contribution is -0.121. The molecular weight excluding hydrogens is 438 g/mol. The molecule has 0 radical (unpaired) electrons. The summed E-state index contributed by atoms with van der Waals surface area (Å²) < 4.78 is 11.6. The lowest BCUT2D eigenvalue weighted by Crippen LogP contribution is -2.39. The molecular formula is C26H27NO5S. The minimum absolute atomic E-state index is 0.124. The highest BCUT2D eigenvalue weighted by atomic mass is 32.2. The number of aliphatic hydroxyl groups is 1. The van der Waals surface area contributed by atoms with E-state index in [2.05, 4.69) is 5.32 Å². The monoisotopic (exact) mass is 465 g/mol. The van der Waals surface area contributed by atoms with Crippen LogP contribution in [0.4, 0.5) is 0 Å². The molecule has 172 valence electrons. The van der Waals surface area contributed by atoms with Crippen molar-refractivity contribution >= 4 is 39.6 Å². The van der Waals surface area contributed by atoms with E-state index < -0.39 is 5.63 Å². The van der Waals surface area contributed by atoms with E-state index >= 15 is 0 Å². The summed E-state index contributed by atoms with van der Waals surface area (Å²) >= 11 is 1.65. The van der Waals surface area contributed by atoms with E-state index in [-0.39, 0.29) is 25.0 Å². The van der Waals surface area contributed by atoms with Crippen LogP contribution >= 0.6 is 11.8 Å². The van der Waals surface area contributed by atoms with Gasteiger partial charge in [-0.2, -0.15) is 11.8 Å². The molecule has 0 aliphatic carbocycles. The Bertz CT molecular complexity index is 1360. The first-order valence-electron chi connectivity index (χ1n) is 10.9. The maximum atomic E-state index is 12.8. The van der Waals surface area contributed by atoms with Gasteiger partial charge in [-0.25, -0.2) is 4.79 Å². The molecule has 0 saturated heterocycles. The summed E-state index contributed by atoms with van der Waals surface area (Å²) in [6.45, 7) is 3.63. The van der Waals surface area contributed by atoms with Gasteiger partial charge in [0.25, 0.3) is 0 Å². The Hall–Kier alpha value is -3.03. The summed E-state index contributed by atoms with van der Waals surface area (Å²) in [4.78, 5) is 25.4. The molecule has 2 aromatic carbocycles. The van der Waals surface area contributed by atoms with Gasteiger partial charge in [0.2, 0.25) is 5.91 Å². The smallest absolute Gasteiger partial charge is 0.340 e. The average molecular weight is 466 g/mol. The minimum atomic E-state index is -0.534. The molecule has 0 aliphatic heterocycles. The molecule has 1 amide bonds. The number of aliphatic hydroxyl groups excluding tert-OH is 1. The van der Waals surface area contributed by atoms with Crippen LogP contribution in [0.1, 0.15) is 23.1 Å². The fraction of sp³-hybridized carbons (Fsp3) is 0.308. The van der Waals surface area contributed by atoms with Gasteiger partial charge in [-0.15, -0.1) is 0 Å². The predicted octanol–water partition coefficient (Wildman–Crippen LogP) is 4.60. The Morgan fingerprint density at radius 3 is 2.64 bits per heavy atom. The standard InChI is InChI=1S/C26H27NO5S/c1-15-11-21-24(25-23(15)20(14-31-25)17-7-5-4-6-8-17)16(2)19(26(30)32-21)12-22(29)27-18(13-28)9-10-33-3/h4-8,11,14,18,28H,9-10,12-13H2,1-3H3,(H,27,29). The SMILES string of the molecule is CSCCC(CO)NC(=O)Cc1c(C)c2c(cc(C)c3c(-c4ccccc4)coc32)oc1=O. The number of hydrogen-bond donors (Lipinski definition) is 2. The third-order valence-corrected chi connectivity index (χ3v) is 6.61. The van der Waals surface area contributed by atoms with Crippen LogP contribution in [-0.4, -0.2) is 35.7 Å². The van der Waals surface area contributed by atoms with Crippen LogP contribution in [-0.2, 0) is 11.2 Å². The Balaban J connectivity index is 1.77. The van der Waals surface area contributed by atoms with Gasteiger partial charge in [0.1, 0.15) is 11.2 Å². The molecule has 4 rings (SSSR count). The molecule has 4 aromatic rings. The van der Waals surface area contributed by atoms with E-state index in [4.69, 9.17) is 8.83 Å². The second kappa shape index (κ2) is 9.85. The Morgan fingerprint density at radius 1 is 1.18 bits per heavy atom. The van der Waals surface area contributed by atoms with Crippen LogP contribution in [0, 0.1) is 13.8 Å². The molecule has 6 nitrogen and oxygen atoms in total. The summed E-state index contributed by atoms with van der Waals surface area (Å²) in [5.41, 5.74) is 4.45. The van der Waals surface area contributed by atoms with Gasteiger partial charge in [0.05, 0.1) is 36.3 Å².